The van der Waals surface area contributed by atoms with Gasteiger partial charge in [-0.25, -0.2) is 8.78 Å². The maximum atomic E-state index is 12.9. The summed E-state index contributed by atoms with van der Waals surface area (Å²) >= 11 is 0. The molecule has 88 valence electrons. The second-order valence-electron chi connectivity index (χ2n) is 4.57. The fourth-order valence-corrected chi connectivity index (χ4v) is 2.27. The number of hydrogen-bond donors (Lipinski definition) is 1. The number of rotatable bonds is 2. The van der Waals surface area contributed by atoms with Gasteiger partial charge >= 0.3 is 0 Å². The number of benzene rings is 1. The van der Waals surface area contributed by atoms with Gasteiger partial charge in [-0.15, -0.1) is 0 Å². The van der Waals surface area contributed by atoms with Gasteiger partial charge in [-0.05, 0) is 18.6 Å². The number of methoxy groups -OCH3 is 1. The molecule has 0 aliphatic heterocycles. The van der Waals surface area contributed by atoms with Crippen molar-refractivity contribution in [1.29, 1.82) is 0 Å². The maximum absolute atomic E-state index is 12.9. The Kier molecular flexibility index (Phi) is 2.42. The molecule has 2 N–H and O–H groups in total. The third-order valence-electron chi connectivity index (χ3n) is 3.04. The van der Waals surface area contributed by atoms with E-state index >= 15 is 0 Å². The molecule has 0 spiro atoms. The van der Waals surface area contributed by atoms with E-state index in [2.05, 4.69) is 0 Å². The van der Waals surface area contributed by atoms with Crippen LogP contribution in [0.25, 0.3) is 0 Å². The lowest BCUT2D eigenvalue weighted by Crippen LogP contribution is -2.55. The first-order valence-electron chi connectivity index (χ1n) is 5.18. The Balaban J connectivity index is 2.35. The molecular weight excluding hydrogens is 212 g/mol. The van der Waals surface area contributed by atoms with Crippen molar-refractivity contribution < 1.29 is 13.5 Å². The summed E-state index contributed by atoms with van der Waals surface area (Å²) in [5.74, 6) is -2.04. The molecule has 1 saturated carbocycles. The Labute approximate surface area is 93.4 Å². The van der Waals surface area contributed by atoms with Crippen LogP contribution in [0.15, 0.2) is 18.2 Å². The number of hydrogen-bond acceptors (Lipinski definition) is 2. The molecule has 0 atom stereocenters. The summed E-state index contributed by atoms with van der Waals surface area (Å²) < 4.78 is 31.0. The summed E-state index contributed by atoms with van der Waals surface area (Å²) in [6, 6.07) is 5.47. The van der Waals surface area contributed by atoms with E-state index in [4.69, 9.17) is 10.5 Å². The predicted octanol–water partition coefficient (Wildman–Crippen LogP) is 2.59. The molecule has 0 aromatic heterocycles. The van der Waals surface area contributed by atoms with Crippen LogP contribution in [0.1, 0.15) is 24.0 Å². The van der Waals surface area contributed by atoms with Crippen LogP contribution in [0.3, 0.4) is 0 Å². The van der Waals surface area contributed by atoms with Gasteiger partial charge in [0.25, 0.3) is 5.92 Å². The molecule has 0 amide bonds. The van der Waals surface area contributed by atoms with E-state index in [1.165, 1.54) is 7.11 Å². The van der Waals surface area contributed by atoms with Crippen molar-refractivity contribution in [1.82, 2.24) is 0 Å². The lowest BCUT2D eigenvalue weighted by atomic mass is 9.69. The van der Waals surface area contributed by atoms with Gasteiger partial charge in [-0.3, -0.25) is 0 Å². The monoisotopic (exact) mass is 227 g/mol. The molecule has 0 radical (unpaired) electrons. The third-order valence-corrected chi connectivity index (χ3v) is 3.04. The van der Waals surface area contributed by atoms with Gasteiger partial charge in [-0.2, -0.15) is 0 Å². The Hall–Kier alpha value is -1.16. The molecule has 1 aliphatic rings. The average Bonchev–Trinajstić information content (AvgIpc) is 2.14. The van der Waals surface area contributed by atoms with Crippen LogP contribution in [0.5, 0.6) is 5.75 Å². The summed E-state index contributed by atoms with van der Waals surface area (Å²) in [5.41, 5.74) is 6.72. The van der Waals surface area contributed by atoms with Crippen molar-refractivity contribution in [3.05, 3.63) is 29.3 Å². The number of halogens is 2. The highest BCUT2D eigenvalue weighted by Gasteiger charge is 2.56. The molecule has 1 aromatic rings. The van der Waals surface area contributed by atoms with Crippen LogP contribution in [-0.2, 0) is 5.54 Å². The van der Waals surface area contributed by atoms with Crippen molar-refractivity contribution in [2.45, 2.75) is 31.2 Å². The first-order valence-corrected chi connectivity index (χ1v) is 5.18. The van der Waals surface area contributed by atoms with Crippen LogP contribution in [-0.4, -0.2) is 13.0 Å². The molecule has 2 rings (SSSR count). The Morgan fingerprint density at radius 3 is 2.44 bits per heavy atom. The molecule has 1 aromatic carbocycles. The average molecular weight is 227 g/mol. The highest BCUT2D eigenvalue weighted by Crippen LogP contribution is 2.51. The highest BCUT2D eigenvalue weighted by molar-refractivity contribution is 5.43. The fourth-order valence-electron chi connectivity index (χ4n) is 2.27. The molecule has 4 heteroatoms. The van der Waals surface area contributed by atoms with Crippen molar-refractivity contribution >= 4 is 0 Å². The van der Waals surface area contributed by atoms with Gasteiger partial charge in [0.1, 0.15) is 5.75 Å². The van der Waals surface area contributed by atoms with Crippen LogP contribution in [0.2, 0.25) is 0 Å². The standard InChI is InChI=1S/C12H15F2NO/c1-8-3-4-9(10(5-8)16-2)11(15)6-12(13,14)7-11/h3-5H,6-7,15H2,1-2H3. The van der Waals surface area contributed by atoms with Gasteiger partial charge in [0, 0.05) is 18.4 Å². The van der Waals surface area contributed by atoms with E-state index in [0.29, 0.717) is 11.3 Å². The minimum absolute atomic E-state index is 0.306. The maximum Gasteiger partial charge on any atom is 0.252 e. The van der Waals surface area contributed by atoms with Crippen molar-refractivity contribution in [2.75, 3.05) is 7.11 Å². The summed E-state index contributed by atoms with van der Waals surface area (Å²) in [4.78, 5) is 0. The quantitative estimate of drug-likeness (QED) is 0.842. The molecular formula is C12H15F2NO. The van der Waals surface area contributed by atoms with E-state index in [1.807, 2.05) is 19.1 Å². The summed E-state index contributed by atoms with van der Waals surface area (Å²) in [7, 11) is 1.53. The van der Waals surface area contributed by atoms with Gasteiger partial charge in [0.05, 0.1) is 12.6 Å². The van der Waals surface area contributed by atoms with E-state index in [-0.39, 0.29) is 12.8 Å². The van der Waals surface area contributed by atoms with Crippen molar-refractivity contribution in [3.8, 4) is 5.75 Å². The van der Waals surface area contributed by atoms with E-state index in [9.17, 15) is 8.78 Å². The molecule has 16 heavy (non-hydrogen) atoms. The van der Waals surface area contributed by atoms with Crippen molar-refractivity contribution in [3.63, 3.8) is 0 Å². The lowest BCUT2D eigenvalue weighted by Gasteiger charge is -2.45. The summed E-state index contributed by atoms with van der Waals surface area (Å²) in [6.07, 6.45) is -0.612. The number of aryl methyl sites for hydroxylation is 1. The van der Waals surface area contributed by atoms with Crippen LogP contribution in [0.4, 0.5) is 8.78 Å². The number of alkyl halides is 2. The lowest BCUT2D eigenvalue weighted by molar-refractivity contribution is -0.125. The van der Waals surface area contributed by atoms with Crippen LogP contribution >= 0.6 is 0 Å². The van der Waals surface area contributed by atoms with Crippen LogP contribution in [0, 0.1) is 6.92 Å². The van der Waals surface area contributed by atoms with Gasteiger partial charge in [0.2, 0.25) is 0 Å². The van der Waals surface area contributed by atoms with Gasteiger partial charge in [-0.1, -0.05) is 12.1 Å². The second-order valence-corrected chi connectivity index (χ2v) is 4.57. The molecule has 0 unspecified atom stereocenters. The molecule has 1 aliphatic carbocycles. The molecule has 0 bridgehead atoms. The van der Waals surface area contributed by atoms with E-state index < -0.39 is 11.5 Å². The highest BCUT2D eigenvalue weighted by atomic mass is 19.3. The van der Waals surface area contributed by atoms with Crippen molar-refractivity contribution in [2.24, 2.45) is 5.73 Å². The summed E-state index contributed by atoms with van der Waals surface area (Å²) in [6.45, 7) is 1.92. The Morgan fingerprint density at radius 1 is 1.31 bits per heavy atom. The van der Waals surface area contributed by atoms with E-state index in [0.717, 1.165) is 5.56 Å². The molecule has 1 fully saturated rings. The van der Waals surface area contributed by atoms with Gasteiger partial charge in [0.15, 0.2) is 0 Å². The number of nitrogens with two attached hydrogens (primary N) is 1. The zero-order valence-corrected chi connectivity index (χ0v) is 9.39. The first kappa shape index (κ1) is 11.3. The number of ether oxygens (including phenoxy) is 1. The Bertz CT molecular complexity index is 409. The zero-order chi connectivity index (χ0) is 12.0. The first-order chi connectivity index (χ1) is 7.36. The smallest absolute Gasteiger partial charge is 0.252 e. The Morgan fingerprint density at radius 2 is 1.94 bits per heavy atom. The molecule has 2 nitrogen and oxygen atoms in total. The molecule has 0 heterocycles. The minimum Gasteiger partial charge on any atom is -0.496 e. The largest absolute Gasteiger partial charge is 0.496 e. The van der Waals surface area contributed by atoms with Crippen LogP contribution < -0.4 is 10.5 Å². The predicted molar refractivity (Wildman–Crippen MR) is 57.8 cm³/mol. The van der Waals surface area contributed by atoms with Gasteiger partial charge < -0.3 is 10.5 Å². The van der Waals surface area contributed by atoms with E-state index in [1.54, 1.807) is 6.07 Å². The molecule has 0 saturated heterocycles. The second kappa shape index (κ2) is 3.42. The SMILES string of the molecule is COc1cc(C)ccc1C1(N)CC(F)(F)C1. The zero-order valence-electron chi connectivity index (χ0n) is 9.39. The normalized spacial score (nSPS) is 21.3. The third kappa shape index (κ3) is 1.78. The minimum atomic E-state index is -2.63. The fraction of sp³-hybridized carbons (Fsp3) is 0.500. The summed E-state index contributed by atoms with van der Waals surface area (Å²) in [5, 5.41) is 0. The topological polar surface area (TPSA) is 35.2 Å².